The molecule has 0 unspecified atom stereocenters. The maximum absolute atomic E-state index is 5.74. The summed E-state index contributed by atoms with van der Waals surface area (Å²) in [5.41, 5.74) is 2.79. The standard InChI is InChI=1S/C14H23N3/c1-13-4-6-14(7-5-13)3-2-8-16-9-11-17(15)12-10-16/h4-7H,2-3,8-12,15H2,1H3. The van der Waals surface area contributed by atoms with E-state index < -0.39 is 0 Å². The Kier molecular flexibility index (Phi) is 4.54. The van der Waals surface area contributed by atoms with Crippen LogP contribution in [0.15, 0.2) is 24.3 Å². The van der Waals surface area contributed by atoms with Crippen molar-refractivity contribution in [1.82, 2.24) is 9.91 Å². The number of rotatable bonds is 4. The fraction of sp³-hybridized carbons (Fsp3) is 0.571. The van der Waals surface area contributed by atoms with Gasteiger partial charge in [0.25, 0.3) is 0 Å². The smallest absolute Gasteiger partial charge is 0.0257 e. The average molecular weight is 233 g/mol. The molecule has 94 valence electrons. The maximum Gasteiger partial charge on any atom is 0.0257 e. The predicted octanol–water partition coefficient (Wildman–Crippen LogP) is 1.42. The van der Waals surface area contributed by atoms with Crippen molar-refractivity contribution in [2.75, 3.05) is 32.7 Å². The number of aryl methyl sites for hydroxylation is 2. The van der Waals surface area contributed by atoms with Crippen LogP contribution in [0.3, 0.4) is 0 Å². The molecule has 1 aromatic rings. The molecule has 17 heavy (non-hydrogen) atoms. The molecule has 2 rings (SSSR count). The van der Waals surface area contributed by atoms with Crippen LogP contribution in [0, 0.1) is 6.92 Å². The molecule has 3 nitrogen and oxygen atoms in total. The van der Waals surface area contributed by atoms with Crippen molar-refractivity contribution < 1.29 is 0 Å². The quantitative estimate of drug-likeness (QED) is 0.798. The van der Waals surface area contributed by atoms with Crippen molar-refractivity contribution >= 4 is 0 Å². The highest BCUT2D eigenvalue weighted by molar-refractivity contribution is 5.21. The lowest BCUT2D eigenvalue weighted by Gasteiger charge is -2.31. The van der Waals surface area contributed by atoms with Crippen molar-refractivity contribution in [3.8, 4) is 0 Å². The molecule has 1 aliphatic heterocycles. The van der Waals surface area contributed by atoms with Gasteiger partial charge in [0, 0.05) is 26.2 Å². The molecule has 0 amide bonds. The molecule has 0 aromatic heterocycles. The van der Waals surface area contributed by atoms with Gasteiger partial charge in [0.05, 0.1) is 0 Å². The summed E-state index contributed by atoms with van der Waals surface area (Å²) in [6.07, 6.45) is 2.43. The van der Waals surface area contributed by atoms with Crippen LogP contribution in [-0.2, 0) is 6.42 Å². The van der Waals surface area contributed by atoms with E-state index in [0.29, 0.717) is 0 Å². The Morgan fingerprint density at radius 1 is 1.06 bits per heavy atom. The van der Waals surface area contributed by atoms with Crippen LogP contribution in [-0.4, -0.2) is 42.6 Å². The lowest BCUT2D eigenvalue weighted by molar-refractivity contribution is 0.133. The fourth-order valence-electron chi connectivity index (χ4n) is 2.25. The van der Waals surface area contributed by atoms with Crippen molar-refractivity contribution in [3.05, 3.63) is 35.4 Å². The molecular weight excluding hydrogens is 210 g/mol. The van der Waals surface area contributed by atoms with E-state index in [0.717, 1.165) is 26.2 Å². The van der Waals surface area contributed by atoms with E-state index in [-0.39, 0.29) is 0 Å². The molecule has 2 N–H and O–H groups in total. The van der Waals surface area contributed by atoms with Gasteiger partial charge < -0.3 is 4.90 Å². The first-order chi connectivity index (χ1) is 8.24. The molecule has 3 heteroatoms. The highest BCUT2D eigenvalue weighted by atomic mass is 15.4. The monoisotopic (exact) mass is 233 g/mol. The Balaban J connectivity index is 1.67. The van der Waals surface area contributed by atoms with Gasteiger partial charge >= 0.3 is 0 Å². The topological polar surface area (TPSA) is 32.5 Å². The summed E-state index contributed by atoms with van der Waals surface area (Å²) in [7, 11) is 0. The zero-order chi connectivity index (χ0) is 12.1. The summed E-state index contributed by atoms with van der Waals surface area (Å²) in [5, 5.41) is 1.91. The van der Waals surface area contributed by atoms with E-state index in [1.54, 1.807) is 0 Å². The summed E-state index contributed by atoms with van der Waals surface area (Å²) < 4.78 is 0. The maximum atomic E-state index is 5.74. The van der Waals surface area contributed by atoms with Crippen LogP contribution in [0.2, 0.25) is 0 Å². The normalized spacial score (nSPS) is 18.5. The molecule has 0 saturated carbocycles. The van der Waals surface area contributed by atoms with Gasteiger partial charge in [-0.1, -0.05) is 29.8 Å². The number of hydrazine groups is 1. The van der Waals surface area contributed by atoms with Crippen LogP contribution >= 0.6 is 0 Å². The average Bonchev–Trinajstić information content (AvgIpc) is 2.34. The largest absolute Gasteiger partial charge is 0.301 e. The van der Waals surface area contributed by atoms with Gasteiger partial charge in [-0.3, -0.25) is 5.84 Å². The minimum Gasteiger partial charge on any atom is -0.301 e. The van der Waals surface area contributed by atoms with E-state index in [4.69, 9.17) is 5.84 Å². The Labute approximate surface area is 104 Å². The van der Waals surface area contributed by atoms with Crippen LogP contribution in [0.4, 0.5) is 0 Å². The number of hydrogen-bond donors (Lipinski definition) is 1. The van der Waals surface area contributed by atoms with Gasteiger partial charge in [-0.2, -0.15) is 0 Å². The summed E-state index contributed by atoms with van der Waals surface area (Å²) in [4.78, 5) is 2.51. The lowest BCUT2D eigenvalue weighted by atomic mass is 10.1. The number of nitrogens with two attached hydrogens (primary N) is 1. The van der Waals surface area contributed by atoms with Crippen LogP contribution in [0.5, 0.6) is 0 Å². The van der Waals surface area contributed by atoms with Gasteiger partial charge in [-0.05, 0) is 31.9 Å². The van der Waals surface area contributed by atoms with Gasteiger partial charge in [0.1, 0.15) is 0 Å². The lowest BCUT2D eigenvalue weighted by Crippen LogP contribution is -2.49. The van der Waals surface area contributed by atoms with Gasteiger partial charge in [-0.15, -0.1) is 0 Å². The van der Waals surface area contributed by atoms with Crippen molar-refractivity contribution in [1.29, 1.82) is 0 Å². The van der Waals surface area contributed by atoms with Gasteiger partial charge in [0.15, 0.2) is 0 Å². The molecule has 0 aliphatic carbocycles. The molecule has 0 radical (unpaired) electrons. The Bertz CT molecular complexity index is 326. The zero-order valence-electron chi connectivity index (χ0n) is 10.7. The van der Waals surface area contributed by atoms with Crippen LogP contribution in [0.1, 0.15) is 17.5 Å². The minimum absolute atomic E-state index is 1.00. The zero-order valence-corrected chi connectivity index (χ0v) is 10.7. The molecule has 1 heterocycles. The van der Waals surface area contributed by atoms with E-state index in [2.05, 4.69) is 36.1 Å². The summed E-state index contributed by atoms with van der Waals surface area (Å²) in [6.45, 7) is 7.57. The van der Waals surface area contributed by atoms with Crippen molar-refractivity contribution in [2.45, 2.75) is 19.8 Å². The van der Waals surface area contributed by atoms with E-state index in [9.17, 15) is 0 Å². The fourth-order valence-corrected chi connectivity index (χ4v) is 2.25. The van der Waals surface area contributed by atoms with E-state index in [1.165, 1.54) is 30.5 Å². The predicted molar refractivity (Wildman–Crippen MR) is 71.7 cm³/mol. The second-order valence-corrected chi connectivity index (χ2v) is 4.97. The first-order valence-corrected chi connectivity index (χ1v) is 6.51. The number of piperazine rings is 1. The third kappa shape index (κ3) is 4.11. The Morgan fingerprint density at radius 2 is 1.71 bits per heavy atom. The van der Waals surface area contributed by atoms with Crippen molar-refractivity contribution in [3.63, 3.8) is 0 Å². The first kappa shape index (κ1) is 12.6. The van der Waals surface area contributed by atoms with E-state index in [1.807, 2.05) is 5.01 Å². The number of nitrogens with zero attached hydrogens (tertiary/aromatic N) is 2. The second-order valence-electron chi connectivity index (χ2n) is 4.97. The first-order valence-electron chi connectivity index (χ1n) is 6.51. The highest BCUT2D eigenvalue weighted by Gasteiger charge is 2.13. The molecule has 0 spiro atoms. The minimum atomic E-state index is 1.00. The molecular formula is C14H23N3. The van der Waals surface area contributed by atoms with Crippen LogP contribution < -0.4 is 5.84 Å². The van der Waals surface area contributed by atoms with Crippen LogP contribution in [0.25, 0.3) is 0 Å². The third-order valence-corrected chi connectivity index (χ3v) is 3.47. The summed E-state index contributed by atoms with van der Waals surface area (Å²) >= 11 is 0. The summed E-state index contributed by atoms with van der Waals surface area (Å²) in [6, 6.07) is 8.88. The Morgan fingerprint density at radius 3 is 2.35 bits per heavy atom. The molecule has 1 saturated heterocycles. The second kappa shape index (κ2) is 6.15. The van der Waals surface area contributed by atoms with E-state index >= 15 is 0 Å². The molecule has 1 fully saturated rings. The molecule has 1 aliphatic rings. The Hall–Kier alpha value is -0.900. The van der Waals surface area contributed by atoms with Crippen molar-refractivity contribution in [2.24, 2.45) is 5.84 Å². The highest BCUT2D eigenvalue weighted by Crippen LogP contribution is 2.07. The van der Waals surface area contributed by atoms with Gasteiger partial charge in [-0.25, -0.2) is 5.01 Å². The SMILES string of the molecule is Cc1ccc(CCCN2CCN(N)CC2)cc1. The molecule has 1 aromatic carbocycles. The number of benzene rings is 1. The third-order valence-electron chi connectivity index (χ3n) is 3.47. The number of hydrogen-bond acceptors (Lipinski definition) is 3. The molecule has 0 bridgehead atoms. The van der Waals surface area contributed by atoms with Gasteiger partial charge in [0.2, 0.25) is 0 Å². The summed E-state index contributed by atoms with van der Waals surface area (Å²) in [5.74, 6) is 5.74. The molecule has 0 atom stereocenters.